The lowest BCUT2D eigenvalue weighted by molar-refractivity contribution is 0.00578. The van der Waals surface area contributed by atoms with Crippen molar-refractivity contribution < 1.29 is 23.2 Å². The summed E-state index contributed by atoms with van der Waals surface area (Å²) in [5.41, 5.74) is 0.000639. The molecule has 0 aromatic heterocycles. The molecule has 2 aromatic rings. The molecule has 2 aliphatic rings. The number of benzene rings is 2. The zero-order valence-electron chi connectivity index (χ0n) is 19.6. The van der Waals surface area contributed by atoms with Crippen molar-refractivity contribution in [2.45, 2.75) is 64.8 Å². The number of halogens is 1. The highest BCUT2D eigenvalue weighted by atomic mass is 19.1. The van der Waals surface area contributed by atoms with Crippen LogP contribution in [-0.2, 0) is 9.31 Å². The molecule has 8 heteroatoms. The topological polar surface area (TPSA) is 80.6 Å². The van der Waals surface area contributed by atoms with Gasteiger partial charge in [0.05, 0.1) is 28.4 Å². The normalized spacial score (nSPS) is 19.6. The van der Waals surface area contributed by atoms with E-state index in [2.05, 4.69) is 11.4 Å². The van der Waals surface area contributed by atoms with E-state index in [1.807, 2.05) is 34.6 Å². The average Bonchev–Trinajstić information content (AvgIpc) is 3.56. The molecule has 0 spiro atoms. The largest absolute Gasteiger partial charge is 0.494 e. The van der Waals surface area contributed by atoms with Gasteiger partial charge in [-0.25, -0.2) is 4.39 Å². The Labute approximate surface area is 194 Å². The van der Waals surface area contributed by atoms with Crippen LogP contribution in [0.2, 0.25) is 0 Å². The van der Waals surface area contributed by atoms with Gasteiger partial charge in [0, 0.05) is 5.69 Å². The Kier molecular flexibility index (Phi) is 5.98. The zero-order chi connectivity index (χ0) is 24.0. The fourth-order valence-electron chi connectivity index (χ4n) is 3.70. The van der Waals surface area contributed by atoms with E-state index >= 15 is 0 Å². The third kappa shape index (κ3) is 4.75. The van der Waals surface area contributed by atoms with Gasteiger partial charge in [0.1, 0.15) is 17.6 Å². The molecular formula is C25H28BFN2O4. The molecule has 2 fully saturated rings. The smallest absolute Gasteiger partial charge is 0.489 e. The lowest BCUT2D eigenvalue weighted by atomic mass is 9.78. The molecule has 1 aliphatic carbocycles. The summed E-state index contributed by atoms with van der Waals surface area (Å²) in [4.78, 5) is 12.9. The molecule has 2 aromatic carbocycles. The van der Waals surface area contributed by atoms with E-state index in [9.17, 15) is 14.4 Å². The van der Waals surface area contributed by atoms with Crippen LogP contribution in [0.25, 0.3) is 0 Å². The molecule has 1 heterocycles. The number of nitrogens with zero attached hydrogens (tertiary/aromatic N) is 1. The van der Waals surface area contributed by atoms with Gasteiger partial charge in [-0.1, -0.05) is 6.07 Å². The third-order valence-corrected chi connectivity index (χ3v) is 6.72. The number of nitriles is 1. The summed E-state index contributed by atoms with van der Waals surface area (Å²) >= 11 is 0. The summed E-state index contributed by atoms with van der Waals surface area (Å²) in [6, 6.07) is 11.1. The molecule has 33 heavy (non-hydrogen) atoms. The van der Waals surface area contributed by atoms with E-state index in [0.717, 1.165) is 12.8 Å². The average molecular weight is 450 g/mol. The van der Waals surface area contributed by atoms with Crippen LogP contribution in [0, 0.1) is 23.1 Å². The van der Waals surface area contributed by atoms with E-state index in [-0.39, 0.29) is 11.7 Å². The van der Waals surface area contributed by atoms with E-state index < -0.39 is 30.0 Å². The Bertz CT molecular complexity index is 1110. The van der Waals surface area contributed by atoms with Crippen LogP contribution >= 0.6 is 0 Å². The molecule has 1 aliphatic heterocycles. The third-order valence-electron chi connectivity index (χ3n) is 6.72. The maximum atomic E-state index is 14.5. The number of carbonyl (C=O) groups excluding carboxylic acids is 1. The SMILES string of the molecule is CC(Oc1ccc(NC(=O)c2cc(B3OC(C)(C)C(C)(C)O3)ccc2F)cc1C#N)C1CC1. The van der Waals surface area contributed by atoms with Crippen LogP contribution in [0.3, 0.4) is 0 Å². The van der Waals surface area contributed by atoms with E-state index in [1.165, 1.54) is 18.2 Å². The lowest BCUT2D eigenvalue weighted by Gasteiger charge is -2.32. The van der Waals surface area contributed by atoms with Crippen molar-refractivity contribution >= 4 is 24.2 Å². The van der Waals surface area contributed by atoms with E-state index in [4.69, 9.17) is 14.0 Å². The van der Waals surface area contributed by atoms with Gasteiger partial charge < -0.3 is 19.4 Å². The summed E-state index contributed by atoms with van der Waals surface area (Å²) in [7, 11) is -0.711. The van der Waals surface area contributed by atoms with Gasteiger partial charge in [-0.3, -0.25) is 4.79 Å². The Morgan fingerprint density at radius 1 is 1.18 bits per heavy atom. The molecule has 4 rings (SSSR count). The van der Waals surface area contributed by atoms with Crippen LogP contribution in [0.15, 0.2) is 36.4 Å². The number of nitrogens with one attached hydrogen (secondary N) is 1. The molecular weight excluding hydrogens is 422 g/mol. The van der Waals surface area contributed by atoms with Crippen LogP contribution < -0.4 is 15.5 Å². The summed E-state index contributed by atoms with van der Waals surface area (Å²) in [6.07, 6.45) is 2.30. The van der Waals surface area contributed by atoms with Crippen molar-refractivity contribution in [3.8, 4) is 11.8 Å². The van der Waals surface area contributed by atoms with Crippen molar-refractivity contribution in [1.82, 2.24) is 0 Å². The predicted octanol–water partition coefficient (Wildman–Crippen LogP) is 4.43. The molecule has 1 amide bonds. The van der Waals surface area contributed by atoms with Crippen molar-refractivity contribution in [1.29, 1.82) is 5.26 Å². The maximum Gasteiger partial charge on any atom is 0.494 e. The summed E-state index contributed by atoms with van der Waals surface area (Å²) in [6.45, 7) is 9.70. The zero-order valence-corrected chi connectivity index (χ0v) is 19.6. The van der Waals surface area contributed by atoms with Gasteiger partial charge in [0.25, 0.3) is 5.91 Å². The van der Waals surface area contributed by atoms with Gasteiger partial charge in [-0.2, -0.15) is 5.26 Å². The van der Waals surface area contributed by atoms with Crippen molar-refractivity contribution in [2.24, 2.45) is 5.92 Å². The Morgan fingerprint density at radius 3 is 2.45 bits per heavy atom. The van der Waals surface area contributed by atoms with Crippen molar-refractivity contribution in [3.05, 3.63) is 53.3 Å². The number of amides is 1. The highest BCUT2D eigenvalue weighted by molar-refractivity contribution is 6.62. The standard InChI is InChI=1S/C25H28BFN2O4/c1-15(16-6-7-16)31-22-11-9-19(12-17(22)14-28)29-23(30)20-13-18(8-10-21(20)27)26-32-24(2,3)25(4,5)33-26/h8-13,15-16H,6-7H2,1-5H3,(H,29,30). The highest BCUT2D eigenvalue weighted by Gasteiger charge is 2.51. The first kappa shape index (κ1) is 23.3. The molecule has 1 atom stereocenters. The maximum absolute atomic E-state index is 14.5. The monoisotopic (exact) mass is 450 g/mol. The van der Waals surface area contributed by atoms with Gasteiger partial charge >= 0.3 is 7.12 Å². The van der Waals surface area contributed by atoms with Gasteiger partial charge in [-0.15, -0.1) is 0 Å². The number of hydrogen-bond acceptors (Lipinski definition) is 5. The summed E-state index contributed by atoms with van der Waals surface area (Å²) < 4.78 is 32.5. The molecule has 0 radical (unpaired) electrons. The number of ether oxygens (including phenoxy) is 1. The first-order chi connectivity index (χ1) is 15.5. The minimum Gasteiger partial charge on any atom is -0.489 e. The Morgan fingerprint density at radius 2 is 1.85 bits per heavy atom. The van der Waals surface area contributed by atoms with Crippen LogP contribution in [-0.4, -0.2) is 30.3 Å². The summed E-state index contributed by atoms with van der Waals surface area (Å²) in [5.74, 6) is -0.291. The van der Waals surface area contributed by atoms with Crippen LogP contribution in [0.4, 0.5) is 10.1 Å². The van der Waals surface area contributed by atoms with Crippen LogP contribution in [0.5, 0.6) is 5.75 Å². The first-order valence-corrected chi connectivity index (χ1v) is 11.2. The second kappa shape index (κ2) is 8.47. The fourth-order valence-corrected chi connectivity index (χ4v) is 3.70. The van der Waals surface area contributed by atoms with Crippen molar-refractivity contribution in [3.63, 3.8) is 0 Å². The number of anilines is 1. The van der Waals surface area contributed by atoms with Gasteiger partial charge in [0.2, 0.25) is 0 Å². The highest BCUT2D eigenvalue weighted by Crippen LogP contribution is 2.37. The molecule has 0 bridgehead atoms. The lowest BCUT2D eigenvalue weighted by Crippen LogP contribution is -2.41. The van der Waals surface area contributed by atoms with E-state index in [0.29, 0.717) is 28.4 Å². The minimum atomic E-state index is -0.711. The molecule has 1 saturated carbocycles. The number of carbonyl (C=O) groups is 1. The fraction of sp³-hybridized carbons (Fsp3) is 0.440. The quantitative estimate of drug-likeness (QED) is 0.659. The van der Waals surface area contributed by atoms with Crippen molar-refractivity contribution in [2.75, 3.05) is 5.32 Å². The molecule has 1 unspecified atom stereocenters. The second-order valence-electron chi connectivity index (χ2n) is 9.76. The first-order valence-electron chi connectivity index (χ1n) is 11.2. The number of hydrogen-bond donors (Lipinski definition) is 1. The Hall–Kier alpha value is -2.89. The van der Waals surface area contributed by atoms with Gasteiger partial charge in [0.15, 0.2) is 0 Å². The number of rotatable bonds is 6. The summed E-state index contributed by atoms with van der Waals surface area (Å²) in [5, 5.41) is 12.2. The Balaban J connectivity index is 1.52. The molecule has 172 valence electrons. The molecule has 1 saturated heterocycles. The van der Waals surface area contributed by atoms with Crippen LogP contribution in [0.1, 0.15) is 63.4 Å². The minimum absolute atomic E-state index is 0.0318. The molecule has 6 nitrogen and oxygen atoms in total. The predicted molar refractivity (Wildman–Crippen MR) is 124 cm³/mol. The molecule has 1 N–H and O–H groups in total. The van der Waals surface area contributed by atoms with E-state index in [1.54, 1.807) is 18.2 Å². The second-order valence-corrected chi connectivity index (χ2v) is 9.76. The van der Waals surface area contributed by atoms with Gasteiger partial charge in [-0.05, 0) is 89.2 Å².